The topological polar surface area (TPSA) is 18.8 Å². The first-order valence-corrected chi connectivity index (χ1v) is 4.22. The second kappa shape index (κ2) is 3.60. The van der Waals surface area contributed by atoms with Gasteiger partial charge in [-0.2, -0.15) is 0 Å². The lowest BCUT2D eigenvalue weighted by Gasteiger charge is -2.36. The Morgan fingerprint density at radius 3 is 2.64 bits per heavy atom. The van der Waals surface area contributed by atoms with Crippen LogP contribution in [0.5, 0.6) is 0 Å². The zero-order chi connectivity index (χ0) is 8.27. The molecule has 1 fully saturated rings. The third-order valence-corrected chi connectivity index (χ3v) is 2.13. The lowest BCUT2D eigenvalue weighted by molar-refractivity contribution is 0.292. The van der Waals surface area contributed by atoms with Crippen LogP contribution < -0.4 is 0 Å². The van der Waals surface area contributed by atoms with Gasteiger partial charge in [-0.15, -0.1) is 0 Å². The zero-order valence-electron chi connectivity index (χ0n) is 7.67. The van der Waals surface area contributed by atoms with E-state index in [2.05, 4.69) is 28.8 Å². The Labute approximate surface area is 68.7 Å². The summed E-state index contributed by atoms with van der Waals surface area (Å²) in [6, 6.07) is 0. The second-order valence-corrected chi connectivity index (χ2v) is 2.88. The molecule has 0 bridgehead atoms. The molecule has 0 spiro atoms. The van der Waals surface area contributed by atoms with Gasteiger partial charge in [0.05, 0.1) is 0 Å². The molecule has 0 N–H and O–H groups in total. The average molecular weight is 155 g/mol. The number of nitrogens with zero attached hydrogens (tertiary/aromatic N) is 3. The average Bonchev–Trinajstić information content (AvgIpc) is 2.04. The van der Waals surface area contributed by atoms with Crippen LogP contribution in [-0.4, -0.2) is 49.5 Å². The van der Waals surface area contributed by atoms with Crippen LogP contribution in [0, 0.1) is 0 Å². The highest BCUT2D eigenvalue weighted by Gasteiger charge is 2.17. The summed E-state index contributed by atoms with van der Waals surface area (Å²) in [7, 11) is 3.96. The minimum atomic E-state index is 1.07. The van der Waals surface area contributed by atoms with Crippen molar-refractivity contribution in [2.45, 2.75) is 13.3 Å². The van der Waals surface area contributed by atoms with E-state index in [-0.39, 0.29) is 0 Å². The van der Waals surface area contributed by atoms with Crippen LogP contribution in [-0.2, 0) is 0 Å². The SMILES string of the molecule is CCN1CCCN(C)C1=NC. The van der Waals surface area contributed by atoms with Crippen molar-refractivity contribution in [3.63, 3.8) is 0 Å². The van der Waals surface area contributed by atoms with Gasteiger partial charge in [0.1, 0.15) is 0 Å². The fourth-order valence-electron chi connectivity index (χ4n) is 1.55. The van der Waals surface area contributed by atoms with Crippen LogP contribution in [0.4, 0.5) is 0 Å². The second-order valence-electron chi connectivity index (χ2n) is 2.88. The van der Waals surface area contributed by atoms with Gasteiger partial charge in [0, 0.05) is 33.7 Å². The summed E-state index contributed by atoms with van der Waals surface area (Å²) < 4.78 is 0. The van der Waals surface area contributed by atoms with Crippen LogP contribution in [0.3, 0.4) is 0 Å². The Morgan fingerprint density at radius 1 is 1.45 bits per heavy atom. The largest absolute Gasteiger partial charge is 0.346 e. The van der Waals surface area contributed by atoms with E-state index >= 15 is 0 Å². The normalized spacial score (nSPS) is 23.0. The summed E-state index contributed by atoms with van der Waals surface area (Å²) in [5.74, 6) is 1.14. The Hall–Kier alpha value is -0.730. The maximum absolute atomic E-state index is 4.25. The fourth-order valence-corrected chi connectivity index (χ4v) is 1.55. The molecule has 0 aromatic carbocycles. The van der Waals surface area contributed by atoms with Gasteiger partial charge in [0.2, 0.25) is 0 Å². The molecule has 0 aliphatic carbocycles. The van der Waals surface area contributed by atoms with Gasteiger partial charge in [0.25, 0.3) is 0 Å². The molecule has 0 amide bonds. The monoisotopic (exact) mass is 155 g/mol. The predicted molar refractivity (Wildman–Crippen MR) is 47.9 cm³/mol. The fraction of sp³-hybridized carbons (Fsp3) is 0.875. The first kappa shape index (κ1) is 8.37. The molecule has 0 radical (unpaired) electrons. The zero-order valence-corrected chi connectivity index (χ0v) is 7.67. The van der Waals surface area contributed by atoms with Crippen molar-refractivity contribution in [3.05, 3.63) is 0 Å². The van der Waals surface area contributed by atoms with E-state index in [1.165, 1.54) is 6.42 Å². The Bertz CT molecular complexity index is 153. The maximum atomic E-state index is 4.25. The van der Waals surface area contributed by atoms with Gasteiger partial charge in [0.15, 0.2) is 5.96 Å². The molecule has 1 aliphatic rings. The minimum Gasteiger partial charge on any atom is -0.346 e. The van der Waals surface area contributed by atoms with Crippen LogP contribution in [0.2, 0.25) is 0 Å². The molecule has 3 heteroatoms. The number of hydrogen-bond acceptors (Lipinski definition) is 1. The highest BCUT2D eigenvalue weighted by Crippen LogP contribution is 2.05. The molecule has 0 atom stereocenters. The molecular formula is C8H17N3. The summed E-state index contributed by atoms with van der Waals surface area (Å²) in [5, 5.41) is 0. The van der Waals surface area contributed by atoms with E-state index in [1.54, 1.807) is 0 Å². The van der Waals surface area contributed by atoms with Crippen LogP contribution in [0.1, 0.15) is 13.3 Å². The molecule has 0 unspecified atom stereocenters. The molecule has 0 saturated carbocycles. The van der Waals surface area contributed by atoms with Gasteiger partial charge in [-0.05, 0) is 13.3 Å². The Kier molecular flexibility index (Phi) is 2.74. The molecule has 1 rings (SSSR count). The quantitative estimate of drug-likeness (QED) is 0.553. The van der Waals surface area contributed by atoms with E-state index < -0.39 is 0 Å². The maximum Gasteiger partial charge on any atom is 0.196 e. The highest BCUT2D eigenvalue weighted by molar-refractivity contribution is 5.80. The van der Waals surface area contributed by atoms with E-state index in [4.69, 9.17) is 0 Å². The van der Waals surface area contributed by atoms with Crippen molar-refractivity contribution >= 4 is 5.96 Å². The first-order valence-electron chi connectivity index (χ1n) is 4.22. The minimum absolute atomic E-state index is 1.07. The molecule has 3 nitrogen and oxygen atoms in total. The number of hydrogen-bond donors (Lipinski definition) is 0. The molecule has 0 aromatic heterocycles. The summed E-state index contributed by atoms with van der Waals surface area (Å²) in [5.41, 5.74) is 0. The van der Waals surface area contributed by atoms with Crippen LogP contribution in [0.15, 0.2) is 4.99 Å². The third kappa shape index (κ3) is 1.64. The van der Waals surface area contributed by atoms with E-state index in [1.807, 2.05) is 7.05 Å². The molecule has 1 aliphatic heterocycles. The number of guanidine groups is 1. The highest BCUT2D eigenvalue weighted by atomic mass is 15.4. The predicted octanol–water partition coefficient (Wildman–Crippen LogP) is 0.630. The summed E-state index contributed by atoms with van der Waals surface area (Å²) in [6.45, 7) is 5.54. The lowest BCUT2D eigenvalue weighted by atomic mass is 10.3. The molecule has 64 valence electrons. The Morgan fingerprint density at radius 2 is 2.18 bits per heavy atom. The van der Waals surface area contributed by atoms with Crippen molar-refractivity contribution in [3.8, 4) is 0 Å². The van der Waals surface area contributed by atoms with Gasteiger partial charge in [-0.25, -0.2) is 0 Å². The van der Waals surface area contributed by atoms with E-state index in [9.17, 15) is 0 Å². The van der Waals surface area contributed by atoms with Crippen molar-refractivity contribution in [2.24, 2.45) is 4.99 Å². The summed E-state index contributed by atoms with van der Waals surface area (Å²) in [6.07, 6.45) is 1.25. The van der Waals surface area contributed by atoms with Gasteiger partial charge in [-0.3, -0.25) is 4.99 Å². The Balaban J connectivity index is 2.64. The van der Waals surface area contributed by atoms with Crippen molar-refractivity contribution < 1.29 is 0 Å². The van der Waals surface area contributed by atoms with Crippen LogP contribution in [0.25, 0.3) is 0 Å². The van der Waals surface area contributed by atoms with Crippen molar-refractivity contribution in [1.82, 2.24) is 9.80 Å². The van der Waals surface area contributed by atoms with Gasteiger partial charge >= 0.3 is 0 Å². The van der Waals surface area contributed by atoms with Gasteiger partial charge in [-0.1, -0.05) is 0 Å². The van der Waals surface area contributed by atoms with Crippen molar-refractivity contribution in [1.29, 1.82) is 0 Å². The van der Waals surface area contributed by atoms with Gasteiger partial charge < -0.3 is 9.80 Å². The lowest BCUT2D eigenvalue weighted by Crippen LogP contribution is -2.48. The smallest absolute Gasteiger partial charge is 0.196 e. The molecule has 11 heavy (non-hydrogen) atoms. The van der Waals surface area contributed by atoms with E-state index in [0.29, 0.717) is 0 Å². The molecule has 1 saturated heterocycles. The molecule has 0 aromatic rings. The van der Waals surface area contributed by atoms with Crippen molar-refractivity contribution in [2.75, 3.05) is 33.7 Å². The summed E-state index contributed by atoms with van der Waals surface area (Å²) in [4.78, 5) is 8.77. The molecule has 1 heterocycles. The van der Waals surface area contributed by atoms with Crippen LogP contribution >= 0.6 is 0 Å². The number of rotatable bonds is 1. The standard InChI is InChI=1S/C8H17N3/c1-4-11-7-5-6-10(3)8(11)9-2/h4-7H2,1-3H3. The van der Waals surface area contributed by atoms with E-state index in [0.717, 1.165) is 25.6 Å². The number of aliphatic imine (C=N–C) groups is 1. The first-order chi connectivity index (χ1) is 5.29. The third-order valence-electron chi connectivity index (χ3n) is 2.13. The summed E-state index contributed by atoms with van der Waals surface area (Å²) >= 11 is 0. The molecular weight excluding hydrogens is 138 g/mol.